The van der Waals surface area contributed by atoms with Gasteiger partial charge in [-0.1, -0.05) is 12.1 Å². The van der Waals surface area contributed by atoms with E-state index < -0.39 is 11.0 Å². The first-order chi connectivity index (χ1) is 6.20. The minimum Gasteiger partial charge on any atom is -0.505 e. The number of fused-ring (bicyclic) bond motifs is 1. The summed E-state index contributed by atoms with van der Waals surface area (Å²) >= 11 is 0. The number of aliphatic hydroxyl groups excluding tert-OH is 1. The number of hydrogen-bond donors (Lipinski definition) is 2. The molecule has 2 rings (SSSR count). The maximum Gasteiger partial charge on any atom is 0.150 e. The Kier molecular flexibility index (Phi) is 1.84. The molecule has 3 nitrogen and oxygen atoms in total. The van der Waals surface area contributed by atoms with Gasteiger partial charge in [0.25, 0.3) is 0 Å². The summed E-state index contributed by atoms with van der Waals surface area (Å²) < 4.78 is 14.2. The molecular weight excluding hydrogens is 186 g/mol. The molecule has 13 heavy (non-hydrogen) atoms. The first-order valence-corrected chi connectivity index (χ1v) is 5.03. The average Bonchev–Trinajstić information content (AvgIpc) is 2.15. The average molecular weight is 195 g/mol. The quantitative estimate of drug-likeness (QED) is 0.660. The molecule has 1 atom stereocenters. The Labute approximate surface area is 78.7 Å². The van der Waals surface area contributed by atoms with Crippen molar-refractivity contribution in [2.75, 3.05) is 0 Å². The van der Waals surface area contributed by atoms with Gasteiger partial charge in [0.05, 0.1) is 10.6 Å². The van der Waals surface area contributed by atoms with Crippen molar-refractivity contribution < 1.29 is 9.32 Å². The van der Waals surface area contributed by atoms with Crippen LogP contribution in [0.25, 0.3) is 5.76 Å². The molecule has 0 saturated carbocycles. The molecule has 0 saturated heterocycles. The van der Waals surface area contributed by atoms with Crippen molar-refractivity contribution in [1.82, 2.24) is 4.72 Å². The van der Waals surface area contributed by atoms with Crippen molar-refractivity contribution >= 4 is 16.7 Å². The first-order valence-electron chi connectivity index (χ1n) is 3.88. The summed E-state index contributed by atoms with van der Waals surface area (Å²) in [6.45, 7) is 1.70. The van der Waals surface area contributed by atoms with Crippen LogP contribution in [0, 0.1) is 0 Å². The summed E-state index contributed by atoms with van der Waals surface area (Å²) in [5, 5.41) is 9.63. The molecule has 1 aliphatic rings. The normalized spacial score (nSPS) is 20.8. The van der Waals surface area contributed by atoms with Crippen molar-refractivity contribution in [2.24, 2.45) is 0 Å². The van der Waals surface area contributed by atoms with Gasteiger partial charge in [0.2, 0.25) is 0 Å². The van der Waals surface area contributed by atoms with Crippen LogP contribution >= 0.6 is 0 Å². The molecule has 2 N–H and O–H groups in total. The zero-order valence-corrected chi connectivity index (χ0v) is 7.89. The molecule has 0 spiro atoms. The van der Waals surface area contributed by atoms with Gasteiger partial charge in [-0.25, -0.2) is 4.21 Å². The van der Waals surface area contributed by atoms with E-state index in [2.05, 4.69) is 4.72 Å². The first kappa shape index (κ1) is 8.31. The fraction of sp³-hybridized carbons (Fsp3) is 0.111. The molecule has 1 aliphatic heterocycles. The third-order valence-corrected chi connectivity index (χ3v) is 3.19. The summed E-state index contributed by atoms with van der Waals surface area (Å²) in [5.74, 6) is 0.176. The van der Waals surface area contributed by atoms with Gasteiger partial charge in [0, 0.05) is 5.56 Å². The lowest BCUT2D eigenvalue weighted by Gasteiger charge is -2.17. The number of nitrogens with one attached hydrogen (secondary N) is 1. The SMILES string of the molecule is CC1=C(O)c2ccccc2S(=O)N1. The Balaban J connectivity index is 2.69. The van der Waals surface area contributed by atoms with Gasteiger partial charge in [-0.15, -0.1) is 0 Å². The minimum absolute atomic E-state index is 0.176. The van der Waals surface area contributed by atoms with E-state index in [0.717, 1.165) is 0 Å². The van der Waals surface area contributed by atoms with Crippen molar-refractivity contribution in [3.05, 3.63) is 35.5 Å². The Bertz CT molecular complexity index is 412. The fourth-order valence-electron chi connectivity index (χ4n) is 1.27. The molecule has 4 heteroatoms. The standard InChI is InChI=1S/C9H9NO2S/c1-6-9(11)7-4-2-3-5-8(7)13(12)10-6/h2-5,10-11H,1H3. The molecule has 1 aromatic carbocycles. The lowest BCUT2D eigenvalue weighted by molar-refractivity contribution is 0.500. The largest absolute Gasteiger partial charge is 0.505 e. The number of benzene rings is 1. The van der Waals surface area contributed by atoms with Crippen LogP contribution in [0.15, 0.2) is 34.9 Å². The van der Waals surface area contributed by atoms with E-state index in [1.165, 1.54) is 0 Å². The smallest absolute Gasteiger partial charge is 0.150 e. The molecule has 0 bridgehead atoms. The van der Waals surface area contributed by atoms with Gasteiger partial charge < -0.3 is 9.83 Å². The topological polar surface area (TPSA) is 49.3 Å². The highest BCUT2D eigenvalue weighted by Crippen LogP contribution is 2.25. The van der Waals surface area contributed by atoms with Crippen LogP contribution in [0.3, 0.4) is 0 Å². The molecule has 1 aromatic rings. The number of aliphatic hydroxyl groups is 1. The Morgan fingerprint density at radius 2 is 2.08 bits per heavy atom. The molecule has 68 valence electrons. The summed E-state index contributed by atoms with van der Waals surface area (Å²) in [4.78, 5) is 0.630. The van der Waals surface area contributed by atoms with Gasteiger partial charge >= 0.3 is 0 Å². The second-order valence-corrected chi connectivity index (χ2v) is 4.02. The zero-order chi connectivity index (χ0) is 9.42. The molecule has 1 heterocycles. The van der Waals surface area contributed by atoms with E-state index in [4.69, 9.17) is 0 Å². The highest BCUT2D eigenvalue weighted by Gasteiger charge is 2.19. The monoisotopic (exact) mass is 195 g/mol. The highest BCUT2D eigenvalue weighted by molar-refractivity contribution is 7.83. The number of hydrogen-bond acceptors (Lipinski definition) is 2. The van der Waals surface area contributed by atoms with Gasteiger partial charge in [-0.3, -0.25) is 0 Å². The van der Waals surface area contributed by atoms with E-state index in [0.29, 0.717) is 16.2 Å². The molecule has 0 amide bonds. The lowest BCUT2D eigenvalue weighted by atomic mass is 10.1. The van der Waals surface area contributed by atoms with Crippen molar-refractivity contribution in [3.8, 4) is 0 Å². The van der Waals surface area contributed by atoms with Gasteiger partial charge in [0.15, 0.2) is 11.0 Å². The van der Waals surface area contributed by atoms with E-state index in [-0.39, 0.29) is 5.76 Å². The Hall–Kier alpha value is -1.29. The van der Waals surface area contributed by atoms with Crippen LogP contribution in [-0.4, -0.2) is 9.32 Å². The maximum atomic E-state index is 11.5. The second kappa shape index (κ2) is 2.88. The van der Waals surface area contributed by atoms with E-state index in [9.17, 15) is 9.32 Å². The fourth-order valence-corrected chi connectivity index (χ4v) is 2.32. The predicted molar refractivity (Wildman–Crippen MR) is 51.2 cm³/mol. The summed E-state index contributed by atoms with van der Waals surface area (Å²) in [6, 6.07) is 7.10. The number of allylic oxidation sites excluding steroid dienone is 1. The summed E-state index contributed by atoms with van der Waals surface area (Å²) in [5.41, 5.74) is 1.20. The second-order valence-electron chi connectivity index (χ2n) is 2.84. The molecular formula is C9H9NO2S. The third-order valence-electron chi connectivity index (χ3n) is 1.94. The van der Waals surface area contributed by atoms with Crippen molar-refractivity contribution in [3.63, 3.8) is 0 Å². The highest BCUT2D eigenvalue weighted by atomic mass is 32.2. The van der Waals surface area contributed by atoms with E-state index in [1.807, 2.05) is 6.07 Å². The predicted octanol–water partition coefficient (Wildman–Crippen LogP) is 1.56. The maximum absolute atomic E-state index is 11.5. The molecule has 0 radical (unpaired) electrons. The summed E-state index contributed by atoms with van der Waals surface area (Å²) in [7, 11) is -1.23. The lowest BCUT2D eigenvalue weighted by Crippen LogP contribution is -2.22. The zero-order valence-electron chi connectivity index (χ0n) is 7.07. The Morgan fingerprint density at radius 3 is 2.85 bits per heavy atom. The van der Waals surface area contributed by atoms with Gasteiger partial charge in [-0.2, -0.15) is 0 Å². The van der Waals surface area contributed by atoms with Crippen molar-refractivity contribution in [1.29, 1.82) is 0 Å². The molecule has 0 aliphatic carbocycles. The van der Waals surface area contributed by atoms with Crippen LogP contribution in [0.2, 0.25) is 0 Å². The van der Waals surface area contributed by atoms with Crippen LogP contribution in [0.1, 0.15) is 12.5 Å². The van der Waals surface area contributed by atoms with Gasteiger partial charge in [0.1, 0.15) is 5.76 Å². The molecule has 0 fully saturated rings. The van der Waals surface area contributed by atoms with Crippen LogP contribution in [0.5, 0.6) is 0 Å². The Morgan fingerprint density at radius 1 is 1.38 bits per heavy atom. The van der Waals surface area contributed by atoms with Crippen LogP contribution in [0.4, 0.5) is 0 Å². The molecule has 1 unspecified atom stereocenters. The van der Waals surface area contributed by atoms with E-state index >= 15 is 0 Å². The minimum atomic E-state index is -1.23. The van der Waals surface area contributed by atoms with Gasteiger partial charge in [-0.05, 0) is 19.1 Å². The van der Waals surface area contributed by atoms with Crippen LogP contribution in [-0.2, 0) is 11.0 Å². The van der Waals surface area contributed by atoms with Crippen LogP contribution < -0.4 is 4.72 Å². The van der Waals surface area contributed by atoms with E-state index in [1.54, 1.807) is 25.1 Å². The summed E-state index contributed by atoms with van der Waals surface area (Å²) in [6.07, 6.45) is 0. The van der Waals surface area contributed by atoms with Crippen molar-refractivity contribution in [2.45, 2.75) is 11.8 Å². The molecule has 0 aromatic heterocycles. The number of rotatable bonds is 0. The third kappa shape index (κ3) is 1.23.